The first-order valence-corrected chi connectivity index (χ1v) is 6.10. The third-order valence-electron chi connectivity index (χ3n) is 3.05. The smallest absolute Gasteiger partial charge is 0.339 e. The molecule has 6 nitrogen and oxygen atoms in total. The van der Waals surface area contributed by atoms with Gasteiger partial charge in [0.15, 0.2) is 0 Å². The lowest BCUT2D eigenvalue weighted by molar-refractivity contribution is 0.0693. The van der Waals surface area contributed by atoms with Gasteiger partial charge in [0.05, 0.1) is 20.5 Å². The van der Waals surface area contributed by atoms with E-state index in [0.29, 0.717) is 24.5 Å². The molecular formula is C14H16N2O4. The number of methoxy groups -OCH3 is 2. The molecular weight excluding hydrogens is 260 g/mol. The number of carboxylic acids is 1. The maximum absolute atomic E-state index is 11.2. The van der Waals surface area contributed by atoms with Crippen LogP contribution in [0.25, 0.3) is 0 Å². The van der Waals surface area contributed by atoms with Gasteiger partial charge >= 0.3 is 5.97 Å². The van der Waals surface area contributed by atoms with Crippen LogP contribution in [0, 0.1) is 0 Å². The molecule has 20 heavy (non-hydrogen) atoms. The number of ether oxygens (including phenoxy) is 2. The molecule has 1 aromatic heterocycles. The summed E-state index contributed by atoms with van der Waals surface area (Å²) < 4.78 is 12.5. The van der Waals surface area contributed by atoms with Crippen molar-refractivity contribution >= 4 is 5.97 Å². The van der Waals surface area contributed by atoms with Crippen LogP contribution in [0.4, 0.5) is 0 Å². The molecule has 0 aliphatic rings. The lowest BCUT2D eigenvalue weighted by atomic mass is 10.0. The molecule has 0 radical (unpaired) electrons. The number of rotatable bonds is 6. The second kappa shape index (κ2) is 6.10. The highest BCUT2D eigenvalue weighted by molar-refractivity contribution is 5.92. The summed E-state index contributed by atoms with van der Waals surface area (Å²) in [6.45, 7) is 0.662. The molecule has 0 spiro atoms. The number of nitrogens with zero attached hydrogens (tertiary/aromatic N) is 2. The molecule has 0 fully saturated rings. The van der Waals surface area contributed by atoms with Crippen LogP contribution in [0.1, 0.15) is 15.9 Å². The predicted octanol–water partition coefficient (Wildman–Crippen LogP) is 1.84. The zero-order chi connectivity index (χ0) is 14.5. The van der Waals surface area contributed by atoms with Crippen LogP contribution in [0.2, 0.25) is 0 Å². The molecule has 1 N–H and O–H groups in total. The van der Waals surface area contributed by atoms with E-state index in [2.05, 4.69) is 4.98 Å². The predicted molar refractivity (Wildman–Crippen MR) is 72.4 cm³/mol. The molecule has 0 aliphatic heterocycles. The van der Waals surface area contributed by atoms with Crippen LogP contribution in [-0.4, -0.2) is 34.8 Å². The largest absolute Gasteiger partial charge is 0.496 e. The molecule has 0 saturated carbocycles. The van der Waals surface area contributed by atoms with Crippen molar-refractivity contribution in [2.75, 3.05) is 14.2 Å². The zero-order valence-electron chi connectivity index (χ0n) is 11.4. The molecule has 6 heteroatoms. The summed E-state index contributed by atoms with van der Waals surface area (Å²) in [5.41, 5.74) is 0.873. The normalized spacial score (nSPS) is 10.3. The number of aromatic nitrogens is 2. The number of aromatic carboxylic acids is 1. The van der Waals surface area contributed by atoms with E-state index in [1.165, 1.54) is 13.2 Å². The van der Waals surface area contributed by atoms with Gasteiger partial charge in [-0.05, 0) is 18.6 Å². The third kappa shape index (κ3) is 2.74. The van der Waals surface area contributed by atoms with Crippen LogP contribution < -0.4 is 9.47 Å². The minimum Gasteiger partial charge on any atom is -0.496 e. The van der Waals surface area contributed by atoms with E-state index in [0.717, 1.165) is 5.56 Å². The summed E-state index contributed by atoms with van der Waals surface area (Å²) in [5.74, 6) is -0.0580. The first-order valence-electron chi connectivity index (χ1n) is 6.10. The molecule has 1 aromatic carbocycles. The van der Waals surface area contributed by atoms with E-state index in [-0.39, 0.29) is 5.56 Å². The highest BCUT2D eigenvalue weighted by Gasteiger charge is 2.19. The Bertz CT molecular complexity index is 593. The first kappa shape index (κ1) is 13.9. The average Bonchev–Trinajstić information content (AvgIpc) is 2.96. The molecule has 0 atom stereocenters. The van der Waals surface area contributed by atoms with Crippen LogP contribution in [0.5, 0.6) is 11.5 Å². The Morgan fingerprint density at radius 3 is 2.70 bits per heavy atom. The van der Waals surface area contributed by atoms with Crippen LogP contribution >= 0.6 is 0 Å². The molecule has 2 rings (SSSR count). The fourth-order valence-corrected chi connectivity index (χ4v) is 2.10. The van der Waals surface area contributed by atoms with E-state index in [1.54, 1.807) is 25.7 Å². The molecule has 0 bridgehead atoms. The lowest BCUT2D eigenvalue weighted by Gasteiger charge is -2.15. The van der Waals surface area contributed by atoms with Crippen LogP contribution in [0.15, 0.2) is 30.9 Å². The van der Waals surface area contributed by atoms with Crippen LogP contribution in [0.3, 0.4) is 0 Å². The van der Waals surface area contributed by atoms with Gasteiger partial charge in [-0.15, -0.1) is 0 Å². The summed E-state index contributed by atoms with van der Waals surface area (Å²) in [5, 5.41) is 9.20. The number of hydrogen-bond acceptors (Lipinski definition) is 4. The highest BCUT2D eigenvalue weighted by Crippen LogP contribution is 2.33. The molecule has 0 aliphatic carbocycles. The Hall–Kier alpha value is -2.50. The monoisotopic (exact) mass is 276 g/mol. The number of carboxylic acid groups (broad SMARTS) is 1. The van der Waals surface area contributed by atoms with Crippen molar-refractivity contribution < 1.29 is 19.4 Å². The maximum Gasteiger partial charge on any atom is 0.339 e. The number of carbonyl (C=O) groups is 1. The number of aryl methyl sites for hydroxylation is 1. The van der Waals surface area contributed by atoms with E-state index in [9.17, 15) is 9.90 Å². The van der Waals surface area contributed by atoms with Gasteiger partial charge in [-0.1, -0.05) is 0 Å². The minimum atomic E-state index is -1.02. The van der Waals surface area contributed by atoms with Crippen LogP contribution in [-0.2, 0) is 13.0 Å². The van der Waals surface area contributed by atoms with E-state index >= 15 is 0 Å². The number of benzene rings is 1. The van der Waals surface area contributed by atoms with Gasteiger partial charge < -0.3 is 19.1 Å². The van der Waals surface area contributed by atoms with Gasteiger partial charge in [-0.3, -0.25) is 0 Å². The van der Waals surface area contributed by atoms with Gasteiger partial charge in [-0.2, -0.15) is 0 Å². The van der Waals surface area contributed by atoms with Gasteiger partial charge in [0, 0.05) is 24.5 Å². The standard InChI is InChI=1S/C14H16N2O4/c1-19-12-4-3-11(14(17)18)13(20-2)10(12)5-7-16-8-6-15-9-16/h3-4,6,8-9H,5,7H2,1-2H3,(H,17,18). The van der Waals surface area contributed by atoms with Crippen molar-refractivity contribution in [3.8, 4) is 11.5 Å². The van der Waals surface area contributed by atoms with Crippen molar-refractivity contribution in [1.29, 1.82) is 0 Å². The Morgan fingerprint density at radius 2 is 2.15 bits per heavy atom. The highest BCUT2D eigenvalue weighted by atomic mass is 16.5. The summed E-state index contributed by atoms with van der Waals surface area (Å²) in [7, 11) is 3.01. The second-order valence-corrected chi connectivity index (χ2v) is 4.18. The van der Waals surface area contributed by atoms with Crippen molar-refractivity contribution in [3.05, 3.63) is 42.0 Å². The molecule has 0 saturated heterocycles. The van der Waals surface area contributed by atoms with E-state index in [4.69, 9.17) is 9.47 Å². The van der Waals surface area contributed by atoms with Gasteiger partial charge in [0.2, 0.25) is 0 Å². The number of imidazole rings is 1. The Morgan fingerprint density at radius 1 is 1.35 bits per heavy atom. The molecule has 1 heterocycles. The molecule has 106 valence electrons. The molecule has 0 amide bonds. The SMILES string of the molecule is COc1ccc(C(=O)O)c(OC)c1CCn1ccnc1. The zero-order valence-corrected chi connectivity index (χ0v) is 11.4. The van der Waals surface area contributed by atoms with Gasteiger partial charge in [0.25, 0.3) is 0 Å². The summed E-state index contributed by atoms with van der Waals surface area (Å²) >= 11 is 0. The van der Waals surface area contributed by atoms with Gasteiger partial charge in [0.1, 0.15) is 17.1 Å². The minimum absolute atomic E-state index is 0.133. The van der Waals surface area contributed by atoms with E-state index in [1.807, 2.05) is 10.8 Å². The first-order chi connectivity index (χ1) is 9.67. The maximum atomic E-state index is 11.2. The summed E-state index contributed by atoms with van der Waals surface area (Å²) in [6.07, 6.45) is 5.84. The average molecular weight is 276 g/mol. The second-order valence-electron chi connectivity index (χ2n) is 4.18. The molecule has 2 aromatic rings. The van der Waals surface area contributed by atoms with Crippen molar-refractivity contribution in [1.82, 2.24) is 9.55 Å². The van der Waals surface area contributed by atoms with Crippen molar-refractivity contribution in [2.24, 2.45) is 0 Å². The Balaban J connectivity index is 2.36. The third-order valence-corrected chi connectivity index (χ3v) is 3.05. The molecule has 0 unspecified atom stereocenters. The summed E-state index contributed by atoms with van der Waals surface area (Å²) in [4.78, 5) is 15.2. The fraction of sp³-hybridized carbons (Fsp3) is 0.286. The number of hydrogen-bond donors (Lipinski definition) is 1. The summed E-state index contributed by atoms with van der Waals surface area (Å²) in [6, 6.07) is 3.13. The Labute approximate surface area is 116 Å². The van der Waals surface area contributed by atoms with Gasteiger partial charge in [-0.25, -0.2) is 9.78 Å². The lowest BCUT2D eigenvalue weighted by Crippen LogP contribution is -2.07. The van der Waals surface area contributed by atoms with E-state index < -0.39 is 5.97 Å². The topological polar surface area (TPSA) is 73.6 Å². The van der Waals surface area contributed by atoms with Crippen molar-refractivity contribution in [3.63, 3.8) is 0 Å². The van der Waals surface area contributed by atoms with Crippen molar-refractivity contribution in [2.45, 2.75) is 13.0 Å². The fourth-order valence-electron chi connectivity index (χ4n) is 2.10. The quantitative estimate of drug-likeness (QED) is 0.871. The Kier molecular flexibility index (Phi) is 4.24.